The minimum atomic E-state index is -0.436. The van der Waals surface area contributed by atoms with Gasteiger partial charge >= 0.3 is 0 Å². The van der Waals surface area contributed by atoms with E-state index in [1.807, 2.05) is 76.2 Å². The van der Waals surface area contributed by atoms with Gasteiger partial charge in [0.25, 0.3) is 0 Å². The fraction of sp³-hybridized carbons (Fsp3) is 0.250. The summed E-state index contributed by atoms with van der Waals surface area (Å²) in [4.78, 5) is 12.0. The van der Waals surface area contributed by atoms with Crippen molar-refractivity contribution < 1.29 is 9.21 Å². The smallest absolute Gasteiger partial charge is 0.248 e. The second-order valence-electron chi connectivity index (χ2n) is 7.06. The average molecular weight is 335 g/mol. The zero-order chi connectivity index (χ0) is 18.0. The number of aromatic nitrogens is 2. The third-order valence-corrected chi connectivity index (χ3v) is 3.79. The Balaban J connectivity index is 1.77. The van der Waals surface area contributed by atoms with Crippen LogP contribution < -0.4 is 5.32 Å². The molecule has 0 aliphatic carbocycles. The molecule has 0 unspecified atom stereocenters. The summed E-state index contributed by atoms with van der Waals surface area (Å²) >= 11 is 0. The van der Waals surface area contributed by atoms with E-state index >= 15 is 0 Å². The molecule has 2 aromatic carbocycles. The molecular formula is C20H21N3O2. The number of rotatable bonds is 3. The van der Waals surface area contributed by atoms with E-state index < -0.39 is 5.41 Å². The SMILES string of the molecule is Cc1ccc(-c2nnc(-c3ccc(NC(=O)C(C)(C)C)cc3)o2)cc1. The van der Waals surface area contributed by atoms with Crippen molar-refractivity contribution in [3.8, 4) is 22.9 Å². The molecule has 3 rings (SSSR count). The molecule has 0 bridgehead atoms. The predicted octanol–water partition coefficient (Wildman–Crippen LogP) is 4.70. The molecule has 1 N–H and O–H groups in total. The highest BCUT2D eigenvalue weighted by Gasteiger charge is 2.21. The first-order valence-electron chi connectivity index (χ1n) is 8.15. The Morgan fingerprint density at radius 2 is 1.36 bits per heavy atom. The number of aryl methyl sites for hydroxylation is 1. The Morgan fingerprint density at radius 3 is 1.84 bits per heavy atom. The van der Waals surface area contributed by atoms with Crippen LogP contribution in [-0.2, 0) is 4.79 Å². The van der Waals surface area contributed by atoms with Crippen molar-refractivity contribution in [1.29, 1.82) is 0 Å². The van der Waals surface area contributed by atoms with Gasteiger partial charge in [0.1, 0.15) is 0 Å². The van der Waals surface area contributed by atoms with Crippen molar-refractivity contribution in [3.05, 3.63) is 54.1 Å². The van der Waals surface area contributed by atoms with Crippen LogP contribution in [0.4, 0.5) is 5.69 Å². The fourth-order valence-corrected chi connectivity index (χ4v) is 2.17. The largest absolute Gasteiger partial charge is 0.416 e. The van der Waals surface area contributed by atoms with Crippen LogP contribution in [-0.4, -0.2) is 16.1 Å². The molecule has 0 saturated carbocycles. The minimum absolute atomic E-state index is 0.0281. The van der Waals surface area contributed by atoms with E-state index in [-0.39, 0.29) is 5.91 Å². The molecule has 0 aliphatic rings. The molecular weight excluding hydrogens is 314 g/mol. The number of hydrogen-bond acceptors (Lipinski definition) is 4. The number of nitrogens with one attached hydrogen (secondary N) is 1. The molecule has 0 aliphatic heterocycles. The van der Waals surface area contributed by atoms with Crippen LogP contribution in [0, 0.1) is 12.3 Å². The van der Waals surface area contributed by atoms with Gasteiger partial charge in [0, 0.05) is 22.2 Å². The van der Waals surface area contributed by atoms with Gasteiger partial charge < -0.3 is 9.73 Å². The van der Waals surface area contributed by atoms with Crippen molar-refractivity contribution in [2.75, 3.05) is 5.32 Å². The lowest BCUT2D eigenvalue weighted by Crippen LogP contribution is -2.27. The highest BCUT2D eigenvalue weighted by atomic mass is 16.4. The maximum atomic E-state index is 12.0. The van der Waals surface area contributed by atoms with Crippen LogP contribution in [0.25, 0.3) is 22.9 Å². The molecule has 1 aromatic heterocycles. The summed E-state index contributed by atoms with van der Waals surface area (Å²) in [5, 5.41) is 11.1. The first-order valence-corrected chi connectivity index (χ1v) is 8.15. The molecule has 1 heterocycles. The molecule has 5 nitrogen and oxygen atoms in total. The summed E-state index contributed by atoms with van der Waals surface area (Å²) in [6, 6.07) is 15.3. The normalized spacial score (nSPS) is 11.4. The van der Waals surface area contributed by atoms with E-state index in [0.29, 0.717) is 11.8 Å². The lowest BCUT2D eigenvalue weighted by molar-refractivity contribution is -0.123. The van der Waals surface area contributed by atoms with Crippen molar-refractivity contribution in [2.45, 2.75) is 27.7 Å². The van der Waals surface area contributed by atoms with Gasteiger partial charge in [0.15, 0.2) is 0 Å². The van der Waals surface area contributed by atoms with Crippen LogP contribution in [0.15, 0.2) is 52.9 Å². The monoisotopic (exact) mass is 335 g/mol. The first-order chi connectivity index (χ1) is 11.8. The number of nitrogens with zero attached hydrogens (tertiary/aromatic N) is 2. The average Bonchev–Trinajstić information content (AvgIpc) is 3.05. The number of carbonyl (C=O) groups excluding carboxylic acids is 1. The Labute approximate surface area is 147 Å². The van der Waals surface area contributed by atoms with Crippen LogP contribution in [0.2, 0.25) is 0 Å². The fourth-order valence-electron chi connectivity index (χ4n) is 2.17. The number of hydrogen-bond donors (Lipinski definition) is 1. The number of anilines is 1. The Bertz CT molecular complexity index is 873. The van der Waals surface area contributed by atoms with E-state index in [1.165, 1.54) is 5.56 Å². The third kappa shape index (κ3) is 3.94. The molecule has 3 aromatic rings. The first kappa shape index (κ1) is 16.9. The Kier molecular flexibility index (Phi) is 4.40. The molecule has 1 amide bonds. The lowest BCUT2D eigenvalue weighted by atomic mass is 9.95. The maximum absolute atomic E-state index is 12.0. The Morgan fingerprint density at radius 1 is 0.880 bits per heavy atom. The van der Waals surface area contributed by atoms with Gasteiger partial charge in [-0.05, 0) is 43.3 Å². The second kappa shape index (κ2) is 6.51. The van der Waals surface area contributed by atoms with Gasteiger partial charge in [-0.3, -0.25) is 4.79 Å². The number of carbonyl (C=O) groups is 1. The zero-order valence-corrected chi connectivity index (χ0v) is 14.8. The standard InChI is InChI=1S/C20H21N3O2/c1-13-5-7-14(8-6-13)17-22-23-18(25-17)15-9-11-16(12-10-15)21-19(24)20(2,3)4/h5-12H,1-4H3,(H,21,24). The van der Waals surface area contributed by atoms with E-state index in [0.717, 1.165) is 16.8 Å². The molecule has 5 heteroatoms. The van der Waals surface area contributed by atoms with Crippen molar-refractivity contribution >= 4 is 11.6 Å². The molecule has 128 valence electrons. The maximum Gasteiger partial charge on any atom is 0.248 e. The molecule has 0 atom stereocenters. The van der Waals surface area contributed by atoms with Crippen molar-refractivity contribution in [1.82, 2.24) is 10.2 Å². The molecule has 0 fully saturated rings. The number of amides is 1. The molecule has 25 heavy (non-hydrogen) atoms. The molecule has 0 saturated heterocycles. The van der Waals surface area contributed by atoms with Gasteiger partial charge in [-0.25, -0.2) is 0 Å². The minimum Gasteiger partial charge on any atom is -0.416 e. The summed E-state index contributed by atoms with van der Waals surface area (Å²) in [5.41, 5.74) is 3.17. The topological polar surface area (TPSA) is 68.0 Å². The predicted molar refractivity (Wildman–Crippen MR) is 98.0 cm³/mol. The van der Waals surface area contributed by atoms with Gasteiger partial charge in [0.05, 0.1) is 0 Å². The van der Waals surface area contributed by atoms with Crippen LogP contribution in [0.3, 0.4) is 0 Å². The lowest BCUT2D eigenvalue weighted by Gasteiger charge is -2.17. The van der Waals surface area contributed by atoms with Crippen molar-refractivity contribution in [3.63, 3.8) is 0 Å². The Hall–Kier alpha value is -2.95. The van der Waals surface area contributed by atoms with E-state index in [1.54, 1.807) is 0 Å². The van der Waals surface area contributed by atoms with Crippen LogP contribution in [0.5, 0.6) is 0 Å². The van der Waals surface area contributed by atoms with Crippen LogP contribution >= 0.6 is 0 Å². The number of benzene rings is 2. The van der Waals surface area contributed by atoms with E-state index in [2.05, 4.69) is 15.5 Å². The zero-order valence-electron chi connectivity index (χ0n) is 14.8. The highest BCUT2D eigenvalue weighted by molar-refractivity contribution is 5.94. The third-order valence-electron chi connectivity index (χ3n) is 3.79. The van der Waals surface area contributed by atoms with Gasteiger partial charge in [0.2, 0.25) is 17.7 Å². The highest BCUT2D eigenvalue weighted by Crippen LogP contribution is 2.25. The van der Waals surface area contributed by atoms with Crippen molar-refractivity contribution in [2.24, 2.45) is 5.41 Å². The molecule has 0 spiro atoms. The van der Waals surface area contributed by atoms with Crippen LogP contribution in [0.1, 0.15) is 26.3 Å². The molecule has 0 radical (unpaired) electrons. The summed E-state index contributed by atoms with van der Waals surface area (Å²) in [6.07, 6.45) is 0. The van der Waals surface area contributed by atoms with E-state index in [9.17, 15) is 4.79 Å². The van der Waals surface area contributed by atoms with Gasteiger partial charge in [-0.1, -0.05) is 38.5 Å². The second-order valence-corrected chi connectivity index (χ2v) is 7.06. The summed E-state index contributed by atoms with van der Waals surface area (Å²) in [5.74, 6) is 0.907. The summed E-state index contributed by atoms with van der Waals surface area (Å²) in [6.45, 7) is 7.66. The summed E-state index contributed by atoms with van der Waals surface area (Å²) in [7, 11) is 0. The van der Waals surface area contributed by atoms with Gasteiger partial charge in [-0.15, -0.1) is 10.2 Å². The van der Waals surface area contributed by atoms with Gasteiger partial charge in [-0.2, -0.15) is 0 Å². The van der Waals surface area contributed by atoms with E-state index in [4.69, 9.17) is 4.42 Å². The quantitative estimate of drug-likeness (QED) is 0.753. The summed E-state index contributed by atoms with van der Waals surface area (Å²) < 4.78 is 5.76.